The number of halogens is 1. The molecule has 0 aliphatic carbocycles. The maximum Gasteiger partial charge on any atom is 0.269 e. The highest BCUT2D eigenvalue weighted by Gasteiger charge is 2.24. The number of nitro benzene ring substituents is 1. The topological polar surface area (TPSA) is 141 Å². The van der Waals surface area contributed by atoms with Gasteiger partial charge in [0.15, 0.2) is 0 Å². The summed E-state index contributed by atoms with van der Waals surface area (Å²) in [6.07, 6.45) is 4.14. The summed E-state index contributed by atoms with van der Waals surface area (Å²) in [6.45, 7) is 1.26. The zero-order chi connectivity index (χ0) is 22.4. The maximum absolute atomic E-state index is 12.3. The van der Waals surface area contributed by atoms with Gasteiger partial charge in [-0.2, -0.15) is 4.31 Å². The van der Waals surface area contributed by atoms with Crippen molar-refractivity contribution >= 4 is 41.1 Å². The average Bonchev–Trinajstić information content (AvgIpc) is 2.98. The molecule has 0 amide bonds. The highest BCUT2D eigenvalue weighted by atomic mass is 35.7. The number of non-ortho nitro benzene ring substituents is 1. The molecule has 2 N–H and O–H groups in total. The fourth-order valence-electron chi connectivity index (χ4n) is 2.80. The van der Waals surface area contributed by atoms with E-state index >= 15 is 0 Å². The van der Waals surface area contributed by atoms with Crippen molar-refractivity contribution in [2.45, 2.75) is 35.5 Å². The highest BCUT2D eigenvalue weighted by Crippen LogP contribution is 2.21. The van der Waals surface area contributed by atoms with Crippen LogP contribution in [-0.4, -0.2) is 39.2 Å². The van der Waals surface area contributed by atoms with E-state index in [0.29, 0.717) is 23.7 Å². The first kappa shape index (κ1) is 24.1. The number of rotatable bonds is 4. The third kappa shape index (κ3) is 6.66. The number of nitro groups is 1. The molecule has 12 heteroatoms. The molecule has 1 aliphatic heterocycles. The lowest BCUT2D eigenvalue weighted by Gasteiger charge is -2.19. The van der Waals surface area contributed by atoms with E-state index in [4.69, 9.17) is 16.4 Å². The van der Waals surface area contributed by atoms with Crippen molar-refractivity contribution < 1.29 is 21.8 Å². The molecule has 3 rings (SSSR count). The molecule has 9 nitrogen and oxygen atoms in total. The van der Waals surface area contributed by atoms with Crippen LogP contribution in [0.2, 0.25) is 0 Å². The van der Waals surface area contributed by atoms with Gasteiger partial charge in [0, 0.05) is 41.6 Å². The Balaban J connectivity index is 0.000000222. The van der Waals surface area contributed by atoms with E-state index in [9.17, 15) is 26.9 Å². The molecule has 0 bridgehead atoms. The van der Waals surface area contributed by atoms with Crippen LogP contribution in [-0.2, 0) is 19.1 Å². The molecule has 1 fully saturated rings. The van der Waals surface area contributed by atoms with Crippen molar-refractivity contribution in [3.05, 3.63) is 58.6 Å². The van der Waals surface area contributed by atoms with Crippen LogP contribution in [0.15, 0.2) is 58.3 Å². The Morgan fingerprint density at radius 3 is 1.73 bits per heavy atom. The largest absolute Gasteiger partial charge is 0.399 e. The van der Waals surface area contributed by atoms with Crippen LogP contribution < -0.4 is 5.73 Å². The van der Waals surface area contributed by atoms with Crippen LogP contribution in [0.3, 0.4) is 0 Å². The van der Waals surface area contributed by atoms with Gasteiger partial charge in [-0.05, 0) is 49.2 Å². The van der Waals surface area contributed by atoms with E-state index < -0.39 is 24.0 Å². The normalized spacial score (nSPS) is 15.5. The van der Waals surface area contributed by atoms with Gasteiger partial charge in [0.2, 0.25) is 10.0 Å². The molecule has 0 atom stereocenters. The number of sulfonamides is 1. The van der Waals surface area contributed by atoms with Gasteiger partial charge in [-0.15, -0.1) is 0 Å². The van der Waals surface area contributed by atoms with E-state index in [0.717, 1.165) is 49.9 Å². The molecule has 2 aromatic rings. The fraction of sp³-hybridized carbons (Fsp3) is 0.333. The number of nitrogens with two attached hydrogens (primary N) is 1. The molecule has 1 heterocycles. The van der Waals surface area contributed by atoms with Gasteiger partial charge in [-0.3, -0.25) is 10.1 Å². The summed E-state index contributed by atoms with van der Waals surface area (Å²) in [6, 6.07) is 10.7. The van der Waals surface area contributed by atoms with E-state index in [1.807, 2.05) is 0 Å². The summed E-state index contributed by atoms with van der Waals surface area (Å²) >= 11 is 0. The zero-order valence-electron chi connectivity index (χ0n) is 16.0. The van der Waals surface area contributed by atoms with Gasteiger partial charge < -0.3 is 5.73 Å². The summed E-state index contributed by atoms with van der Waals surface area (Å²) in [7, 11) is -2.13. The summed E-state index contributed by atoms with van der Waals surface area (Å²) < 4.78 is 47.7. The van der Waals surface area contributed by atoms with Gasteiger partial charge in [-0.1, -0.05) is 12.8 Å². The maximum atomic E-state index is 12.3. The van der Waals surface area contributed by atoms with Crippen molar-refractivity contribution in [2.24, 2.45) is 0 Å². The Kier molecular flexibility index (Phi) is 8.18. The van der Waals surface area contributed by atoms with E-state index in [2.05, 4.69) is 0 Å². The van der Waals surface area contributed by atoms with Gasteiger partial charge in [0.1, 0.15) is 0 Å². The van der Waals surface area contributed by atoms with Crippen LogP contribution in [0.4, 0.5) is 11.4 Å². The van der Waals surface area contributed by atoms with Gasteiger partial charge in [0.25, 0.3) is 14.7 Å². The summed E-state index contributed by atoms with van der Waals surface area (Å²) in [5.41, 5.74) is 5.97. The Hall–Kier alpha value is -2.21. The van der Waals surface area contributed by atoms with Crippen molar-refractivity contribution in [2.75, 3.05) is 18.8 Å². The van der Waals surface area contributed by atoms with Crippen molar-refractivity contribution in [3.63, 3.8) is 0 Å². The predicted octanol–water partition coefficient (Wildman–Crippen LogP) is 3.36. The fourth-order valence-corrected chi connectivity index (χ4v) is 5.09. The van der Waals surface area contributed by atoms with Gasteiger partial charge in [-0.25, -0.2) is 16.8 Å². The molecule has 2 aromatic carbocycles. The second-order valence-electron chi connectivity index (χ2n) is 6.58. The number of nitrogens with zero attached hydrogens (tertiary/aromatic N) is 2. The molecule has 1 aliphatic rings. The van der Waals surface area contributed by atoms with Gasteiger partial charge in [0.05, 0.1) is 14.7 Å². The molecular formula is C18H22ClN3O6S2. The van der Waals surface area contributed by atoms with Crippen LogP contribution in [0.25, 0.3) is 0 Å². The molecular weight excluding hydrogens is 454 g/mol. The van der Waals surface area contributed by atoms with E-state index in [1.165, 1.54) is 0 Å². The molecule has 0 aromatic heterocycles. The smallest absolute Gasteiger partial charge is 0.269 e. The van der Waals surface area contributed by atoms with E-state index in [-0.39, 0.29) is 10.6 Å². The van der Waals surface area contributed by atoms with E-state index in [1.54, 1.807) is 28.6 Å². The molecule has 0 unspecified atom stereocenters. The first-order valence-corrected chi connectivity index (χ1v) is 12.8. The van der Waals surface area contributed by atoms with Gasteiger partial charge >= 0.3 is 0 Å². The van der Waals surface area contributed by atoms with Crippen LogP contribution >= 0.6 is 10.7 Å². The minimum Gasteiger partial charge on any atom is -0.399 e. The SMILES string of the molecule is Nc1ccc(S(=O)(=O)N2CCCCCC2)cc1.O=[N+]([O-])c1ccc(S(=O)(=O)Cl)cc1. The minimum absolute atomic E-state index is 0.153. The number of nitrogen functional groups attached to an aromatic ring is 1. The number of anilines is 1. The number of benzene rings is 2. The molecule has 30 heavy (non-hydrogen) atoms. The van der Waals surface area contributed by atoms with Crippen LogP contribution in [0.1, 0.15) is 25.7 Å². The van der Waals surface area contributed by atoms with Crippen molar-refractivity contribution in [1.29, 1.82) is 0 Å². The third-order valence-electron chi connectivity index (χ3n) is 4.41. The molecule has 0 saturated carbocycles. The molecule has 1 saturated heterocycles. The Bertz CT molecular complexity index is 1060. The lowest BCUT2D eigenvalue weighted by atomic mass is 10.2. The standard InChI is InChI=1S/C12H18N2O2S.C6H4ClNO4S/c13-11-5-7-12(8-6-11)17(15,16)14-9-3-1-2-4-10-14;7-13(11,12)6-3-1-5(2-4-6)8(9)10/h5-8H,1-4,9-10,13H2;1-4H. The summed E-state index contributed by atoms with van der Waals surface area (Å²) in [4.78, 5) is 9.75. The highest BCUT2D eigenvalue weighted by molar-refractivity contribution is 8.13. The number of hydrogen-bond donors (Lipinski definition) is 1. The Morgan fingerprint density at radius 2 is 1.30 bits per heavy atom. The molecule has 0 spiro atoms. The third-order valence-corrected chi connectivity index (χ3v) is 7.69. The molecule has 164 valence electrons. The van der Waals surface area contributed by atoms with Crippen molar-refractivity contribution in [3.8, 4) is 0 Å². The Morgan fingerprint density at radius 1 is 0.833 bits per heavy atom. The molecule has 0 radical (unpaired) electrons. The van der Waals surface area contributed by atoms with Crippen molar-refractivity contribution in [1.82, 2.24) is 4.31 Å². The Labute approximate surface area is 180 Å². The first-order valence-electron chi connectivity index (χ1n) is 9.06. The summed E-state index contributed by atoms with van der Waals surface area (Å²) in [5.74, 6) is 0. The minimum atomic E-state index is -3.80. The monoisotopic (exact) mass is 475 g/mol. The second kappa shape index (κ2) is 10.2. The summed E-state index contributed by atoms with van der Waals surface area (Å²) in [5, 5.41) is 10.2. The lowest BCUT2D eigenvalue weighted by Crippen LogP contribution is -2.31. The average molecular weight is 476 g/mol. The number of hydrogen-bond acceptors (Lipinski definition) is 7. The van der Waals surface area contributed by atoms with Crippen LogP contribution in [0, 0.1) is 10.1 Å². The zero-order valence-corrected chi connectivity index (χ0v) is 18.4. The quantitative estimate of drug-likeness (QED) is 0.309. The van der Waals surface area contributed by atoms with Crippen LogP contribution in [0.5, 0.6) is 0 Å². The lowest BCUT2D eigenvalue weighted by molar-refractivity contribution is -0.384. The second-order valence-corrected chi connectivity index (χ2v) is 11.1. The first-order chi connectivity index (χ1) is 14.0. The predicted molar refractivity (Wildman–Crippen MR) is 114 cm³/mol.